The summed E-state index contributed by atoms with van der Waals surface area (Å²) >= 11 is 0. The fourth-order valence-electron chi connectivity index (χ4n) is 2.41. The van der Waals surface area contributed by atoms with E-state index in [-0.39, 0.29) is 5.75 Å². The van der Waals surface area contributed by atoms with E-state index < -0.39 is 10.0 Å². The number of nitrogens with zero attached hydrogens (tertiary/aromatic N) is 4. The smallest absolute Gasteiger partial charge is 0.214 e. The zero-order valence-electron chi connectivity index (χ0n) is 10.7. The summed E-state index contributed by atoms with van der Waals surface area (Å²) in [5.41, 5.74) is 0. The van der Waals surface area contributed by atoms with E-state index in [1.54, 1.807) is 15.3 Å². The molecular formula is C11H20N4O2S. The molecule has 2 rings (SSSR count). The molecule has 0 radical (unpaired) electrons. The number of sulfonamides is 1. The minimum absolute atomic E-state index is 0.253. The van der Waals surface area contributed by atoms with Crippen molar-refractivity contribution in [3.8, 4) is 0 Å². The van der Waals surface area contributed by atoms with Gasteiger partial charge in [0.1, 0.15) is 12.7 Å². The average Bonchev–Trinajstić information content (AvgIpc) is 2.82. The first-order valence-corrected chi connectivity index (χ1v) is 8.03. The van der Waals surface area contributed by atoms with Gasteiger partial charge >= 0.3 is 0 Å². The first-order valence-electron chi connectivity index (χ1n) is 6.42. The Morgan fingerprint density at radius 2 is 2.28 bits per heavy atom. The largest absolute Gasteiger partial charge is 0.253 e. The van der Waals surface area contributed by atoms with Crippen molar-refractivity contribution in [2.45, 2.75) is 32.7 Å². The molecule has 1 aromatic heterocycles. The fourth-order valence-corrected chi connectivity index (χ4v) is 4.03. The maximum atomic E-state index is 12.0. The van der Waals surface area contributed by atoms with Crippen LogP contribution in [0.5, 0.6) is 0 Å². The standard InChI is InChI=1S/C11H20N4O2S/c1-2-6-18(16,17)15-5-3-4-11(8-15)7-14-10-12-9-13-14/h9-11H,2-8H2,1H3. The molecule has 2 heterocycles. The molecule has 0 N–H and O–H groups in total. The highest BCUT2D eigenvalue weighted by atomic mass is 32.2. The number of hydrogen-bond acceptors (Lipinski definition) is 4. The lowest BCUT2D eigenvalue weighted by Crippen LogP contribution is -2.42. The molecule has 0 aliphatic carbocycles. The van der Waals surface area contributed by atoms with E-state index in [1.165, 1.54) is 6.33 Å². The van der Waals surface area contributed by atoms with Gasteiger partial charge in [0, 0.05) is 19.6 Å². The third kappa shape index (κ3) is 3.29. The summed E-state index contributed by atoms with van der Waals surface area (Å²) in [5, 5.41) is 4.07. The van der Waals surface area contributed by atoms with Gasteiger partial charge in [-0.1, -0.05) is 6.92 Å². The second-order valence-electron chi connectivity index (χ2n) is 4.80. The van der Waals surface area contributed by atoms with E-state index in [0.717, 1.165) is 19.4 Å². The van der Waals surface area contributed by atoms with Gasteiger partial charge in [-0.25, -0.2) is 17.7 Å². The van der Waals surface area contributed by atoms with Crippen molar-refractivity contribution in [3.05, 3.63) is 12.7 Å². The van der Waals surface area contributed by atoms with E-state index in [1.807, 2.05) is 6.92 Å². The summed E-state index contributed by atoms with van der Waals surface area (Å²) in [5.74, 6) is 0.593. The average molecular weight is 272 g/mol. The molecule has 0 amide bonds. The minimum Gasteiger partial charge on any atom is -0.253 e. The molecule has 1 saturated heterocycles. The third-order valence-corrected chi connectivity index (χ3v) is 5.29. The SMILES string of the molecule is CCCS(=O)(=O)N1CCCC(Cn2cncn2)C1. The van der Waals surface area contributed by atoms with Gasteiger partial charge in [0.25, 0.3) is 0 Å². The van der Waals surface area contributed by atoms with Crippen molar-refractivity contribution in [3.63, 3.8) is 0 Å². The van der Waals surface area contributed by atoms with Crippen molar-refractivity contribution >= 4 is 10.0 Å². The van der Waals surface area contributed by atoms with E-state index in [4.69, 9.17) is 0 Å². The highest BCUT2D eigenvalue weighted by Crippen LogP contribution is 2.20. The Labute approximate surface area is 108 Å². The maximum absolute atomic E-state index is 12.0. The van der Waals surface area contributed by atoms with Gasteiger partial charge in [-0.05, 0) is 25.2 Å². The van der Waals surface area contributed by atoms with Crippen LogP contribution in [0.2, 0.25) is 0 Å². The summed E-state index contributed by atoms with van der Waals surface area (Å²) in [4.78, 5) is 3.90. The Kier molecular flexibility index (Phi) is 4.34. The highest BCUT2D eigenvalue weighted by Gasteiger charge is 2.28. The van der Waals surface area contributed by atoms with Crippen molar-refractivity contribution in [2.75, 3.05) is 18.8 Å². The number of hydrogen-bond donors (Lipinski definition) is 0. The summed E-state index contributed by atoms with van der Waals surface area (Å²) < 4.78 is 27.5. The molecule has 1 fully saturated rings. The Morgan fingerprint density at radius 3 is 2.94 bits per heavy atom. The van der Waals surface area contributed by atoms with Crippen LogP contribution in [0.1, 0.15) is 26.2 Å². The van der Waals surface area contributed by atoms with Crippen LogP contribution in [-0.2, 0) is 16.6 Å². The van der Waals surface area contributed by atoms with Crippen molar-refractivity contribution in [2.24, 2.45) is 5.92 Å². The van der Waals surface area contributed by atoms with Crippen LogP contribution >= 0.6 is 0 Å². The summed E-state index contributed by atoms with van der Waals surface area (Å²) in [6.07, 6.45) is 5.85. The molecule has 0 spiro atoms. The summed E-state index contributed by atoms with van der Waals surface area (Å²) in [7, 11) is -3.06. The quantitative estimate of drug-likeness (QED) is 0.792. The lowest BCUT2D eigenvalue weighted by Gasteiger charge is -2.31. The molecule has 0 bridgehead atoms. The lowest BCUT2D eigenvalue weighted by atomic mass is 10.00. The molecule has 1 atom stereocenters. The topological polar surface area (TPSA) is 68.1 Å². The lowest BCUT2D eigenvalue weighted by molar-refractivity contribution is 0.239. The second kappa shape index (κ2) is 5.79. The fraction of sp³-hybridized carbons (Fsp3) is 0.818. The van der Waals surface area contributed by atoms with Gasteiger partial charge in [0.15, 0.2) is 0 Å². The minimum atomic E-state index is -3.06. The molecule has 0 saturated carbocycles. The Hall–Kier alpha value is -0.950. The van der Waals surface area contributed by atoms with Crippen molar-refractivity contribution in [1.82, 2.24) is 19.1 Å². The predicted octanol–water partition coefficient (Wildman–Crippen LogP) is 0.730. The predicted molar refractivity (Wildman–Crippen MR) is 68.4 cm³/mol. The summed E-state index contributed by atoms with van der Waals surface area (Å²) in [6, 6.07) is 0. The number of piperidine rings is 1. The Morgan fingerprint density at radius 1 is 1.44 bits per heavy atom. The molecule has 18 heavy (non-hydrogen) atoms. The van der Waals surface area contributed by atoms with Crippen LogP contribution in [0.4, 0.5) is 0 Å². The molecule has 0 aromatic carbocycles. The van der Waals surface area contributed by atoms with Crippen molar-refractivity contribution in [1.29, 1.82) is 0 Å². The van der Waals surface area contributed by atoms with Crippen LogP contribution in [0, 0.1) is 5.92 Å². The molecule has 7 heteroatoms. The van der Waals surface area contributed by atoms with E-state index >= 15 is 0 Å². The zero-order valence-corrected chi connectivity index (χ0v) is 11.5. The van der Waals surface area contributed by atoms with Crippen LogP contribution in [0.25, 0.3) is 0 Å². The van der Waals surface area contributed by atoms with Crippen LogP contribution < -0.4 is 0 Å². The monoisotopic (exact) mass is 272 g/mol. The number of aromatic nitrogens is 3. The third-order valence-electron chi connectivity index (χ3n) is 3.25. The van der Waals surface area contributed by atoms with E-state index in [9.17, 15) is 8.42 Å². The van der Waals surface area contributed by atoms with E-state index in [0.29, 0.717) is 25.4 Å². The first kappa shape index (κ1) is 13.5. The number of rotatable bonds is 5. The highest BCUT2D eigenvalue weighted by molar-refractivity contribution is 7.89. The van der Waals surface area contributed by atoms with Gasteiger partial charge in [-0.2, -0.15) is 5.10 Å². The normalized spacial score (nSPS) is 22.2. The van der Waals surface area contributed by atoms with E-state index in [2.05, 4.69) is 10.1 Å². The second-order valence-corrected chi connectivity index (χ2v) is 6.89. The van der Waals surface area contributed by atoms with Crippen LogP contribution in [0.15, 0.2) is 12.7 Å². The van der Waals surface area contributed by atoms with Gasteiger partial charge in [-0.15, -0.1) is 0 Å². The molecule has 1 unspecified atom stereocenters. The van der Waals surface area contributed by atoms with Crippen LogP contribution in [-0.4, -0.2) is 46.3 Å². The molecule has 6 nitrogen and oxygen atoms in total. The van der Waals surface area contributed by atoms with Gasteiger partial charge in [0.2, 0.25) is 10.0 Å². The Balaban J connectivity index is 1.96. The summed E-state index contributed by atoms with van der Waals surface area (Å²) in [6.45, 7) is 3.92. The van der Waals surface area contributed by atoms with Crippen molar-refractivity contribution < 1.29 is 8.42 Å². The molecule has 1 aliphatic rings. The molecule has 102 valence electrons. The Bertz CT molecular complexity index is 457. The van der Waals surface area contributed by atoms with Crippen LogP contribution in [0.3, 0.4) is 0 Å². The van der Waals surface area contributed by atoms with Gasteiger partial charge in [0.05, 0.1) is 5.75 Å². The van der Waals surface area contributed by atoms with Gasteiger partial charge in [-0.3, -0.25) is 4.68 Å². The first-order chi connectivity index (χ1) is 8.62. The molecular weight excluding hydrogens is 252 g/mol. The van der Waals surface area contributed by atoms with Gasteiger partial charge < -0.3 is 0 Å². The zero-order chi connectivity index (χ0) is 13.0. The molecule has 1 aromatic rings. The maximum Gasteiger partial charge on any atom is 0.214 e. The molecule has 1 aliphatic heterocycles.